The quantitative estimate of drug-likeness (QED) is 0.746. The average molecular weight is 298 g/mol. The second-order valence-electron chi connectivity index (χ2n) is 6.65. The Kier molecular flexibility index (Phi) is 6.02. The molecule has 1 heterocycles. The molecular formula is C16H30N2O3. The lowest BCUT2D eigenvalue weighted by atomic mass is 9.78. The first kappa shape index (κ1) is 16.7. The van der Waals surface area contributed by atoms with Gasteiger partial charge in [-0.1, -0.05) is 0 Å². The molecule has 0 aromatic rings. The van der Waals surface area contributed by atoms with Crippen LogP contribution in [0.15, 0.2) is 0 Å². The van der Waals surface area contributed by atoms with Gasteiger partial charge < -0.3 is 20.1 Å². The highest BCUT2D eigenvalue weighted by Gasteiger charge is 2.38. The third-order valence-electron chi connectivity index (χ3n) is 5.01. The molecule has 0 spiro atoms. The van der Waals surface area contributed by atoms with Gasteiger partial charge in [-0.25, -0.2) is 0 Å². The number of hydrogen-bond acceptors (Lipinski definition) is 5. The molecule has 0 bridgehead atoms. The summed E-state index contributed by atoms with van der Waals surface area (Å²) in [5, 5.41) is 14.2. The van der Waals surface area contributed by atoms with Crippen LogP contribution in [0.3, 0.4) is 0 Å². The molecule has 0 radical (unpaired) electrons. The largest absolute Gasteiger partial charge is 0.466 e. The van der Waals surface area contributed by atoms with E-state index in [1.165, 1.54) is 0 Å². The van der Waals surface area contributed by atoms with Gasteiger partial charge >= 0.3 is 5.97 Å². The molecule has 1 saturated heterocycles. The summed E-state index contributed by atoms with van der Waals surface area (Å²) >= 11 is 0. The molecule has 21 heavy (non-hydrogen) atoms. The second-order valence-corrected chi connectivity index (χ2v) is 6.65. The van der Waals surface area contributed by atoms with Gasteiger partial charge in [0.1, 0.15) is 0 Å². The van der Waals surface area contributed by atoms with Gasteiger partial charge in [-0.2, -0.15) is 0 Å². The number of piperidine rings is 1. The maximum Gasteiger partial charge on any atom is 0.308 e. The van der Waals surface area contributed by atoms with Crippen LogP contribution in [0.1, 0.15) is 45.4 Å². The van der Waals surface area contributed by atoms with Crippen LogP contribution in [0.5, 0.6) is 0 Å². The van der Waals surface area contributed by atoms with Gasteiger partial charge in [0.05, 0.1) is 18.1 Å². The van der Waals surface area contributed by atoms with E-state index in [4.69, 9.17) is 4.74 Å². The third-order valence-corrected chi connectivity index (χ3v) is 5.01. The monoisotopic (exact) mass is 298 g/mol. The fraction of sp³-hybridized carbons (Fsp3) is 0.938. The summed E-state index contributed by atoms with van der Waals surface area (Å²) in [4.78, 5) is 14.1. The zero-order valence-corrected chi connectivity index (χ0v) is 13.4. The number of likely N-dealkylation sites (N-methyl/N-ethyl adjacent to an activating group) is 1. The van der Waals surface area contributed by atoms with Gasteiger partial charge in [0.2, 0.25) is 0 Å². The van der Waals surface area contributed by atoms with Crippen LogP contribution in [0.25, 0.3) is 0 Å². The minimum absolute atomic E-state index is 0.0191. The number of aliphatic hydroxyl groups is 1. The smallest absolute Gasteiger partial charge is 0.308 e. The van der Waals surface area contributed by atoms with E-state index < -0.39 is 5.60 Å². The number of carbonyl (C=O) groups excluding carboxylic acids is 1. The van der Waals surface area contributed by atoms with Crippen LogP contribution in [0.4, 0.5) is 0 Å². The normalized spacial score (nSPS) is 31.3. The number of esters is 1. The molecular weight excluding hydrogens is 268 g/mol. The summed E-state index contributed by atoms with van der Waals surface area (Å²) in [5.74, 6) is -0.110. The number of nitrogens with one attached hydrogen (secondary N) is 1. The molecule has 5 heteroatoms. The molecule has 1 aliphatic heterocycles. The van der Waals surface area contributed by atoms with Crippen molar-refractivity contribution in [1.82, 2.24) is 10.2 Å². The number of hydrogen-bond donors (Lipinski definition) is 2. The highest BCUT2D eigenvalue weighted by atomic mass is 16.5. The minimum Gasteiger partial charge on any atom is -0.466 e. The van der Waals surface area contributed by atoms with Gasteiger partial charge in [0.15, 0.2) is 0 Å². The van der Waals surface area contributed by atoms with Crippen LogP contribution in [0.2, 0.25) is 0 Å². The predicted molar refractivity (Wildman–Crippen MR) is 82.1 cm³/mol. The summed E-state index contributed by atoms with van der Waals surface area (Å²) in [5.41, 5.74) is -0.636. The summed E-state index contributed by atoms with van der Waals surface area (Å²) in [6.07, 6.45) is 5.19. The highest BCUT2D eigenvalue weighted by molar-refractivity contribution is 5.72. The Morgan fingerprint density at radius 1 is 1.29 bits per heavy atom. The van der Waals surface area contributed by atoms with Crippen LogP contribution >= 0.6 is 0 Å². The zero-order chi connectivity index (χ0) is 15.3. The van der Waals surface area contributed by atoms with E-state index in [0.29, 0.717) is 32.0 Å². The van der Waals surface area contributed by atoms with E-state index in [1.54, 1.807) is 0 Å². The maximum absolute atomic E-state index is 11.8. The lowest BCUT2D eigenvalue weighted by Gasteiger charge is -2.41. The molecule has 1 aliphatic carbocycles. The summed E-state index contributed by atoms with van der Waals surface area (Å²) < 4.78 is 5.09. The maximum atomic E-state index is 11.8. The lowest BCUT2D eigenvalue weighted by molar-refractivity contribution is -0.151. The fourth-order valence-corrected chi connectivity index (χ4v) is 3.65. The van der Waals surface area contributed by atoms with Crippen molar-refractivity contribution in [3.63, 3.8) is 0 Å². The number of rotatable bonds is 5. The molecule has 0 amide bonds. The Hall–Kier alpha value is -0.650. The topological polar surface area (TPSA) is 61.8 Å². The van der Waals surface area contributed by atoms with Crippen LogP contribution < -0.4 is 5.32 Å². The minimum atomic E-state index is -0.636. The van der Waals surface area contributed by atoms with Gasteiger partial charge in [0.25, 0.3) is 0 Å². The average Bonchev–Trinajstić information content (AvgIpc) is 2.48. The first-order chi connectivity index (χ1) is 10.0. The first-order valence-electron chi connectivity index (χ1n) is 8.34. The fourth-order valence-electron chi connectivity index (χ4n) is 3.65. The second kappa shape index (κ2) is 7.56. The molecule has 0 aromatic heterocycles. The van der Waals surface area contributed by atoms with Crippen LogP contribution in [0, 0.1) is 5.92 Å². The molecule has 0 atom stereocenters. The Morgan fingerprint density at radius 2 is 1.90 bits per heavy atom. The van der Waals surface area contributed by atoms with Gasteiger partial charge in [-0.3, -0.25) is 4.79 Å². The molecule has 2 N–H and O–H groups in total. The third kappa shape index (κ3) is 4.66. The van der Waals surface area contributed by atoms with Crippen molar-refractivity contribution in [3.05, 3.63) is 0 Å². The van der Waals surface area contributed by atoms with Gasteiger partial charge in [-0.15, -0.1) is 0 Å². The molecule has 122 valence electrons. The summed E-state index contributed by atoms with van der Waals surface area (Å²) in [6, 6.07) is 0.568. The van der Waals surface area contributed by atoms with Crippen molar-refractivity contribution in [2.24, 2.45) is 5.92 Å². The van der Waals surface area contributed by atoms with E-state index in [9.17, 15) is 9.90 Å². The van der Waals surface area contributed by atoms with Crippen molar-refractivity contribution < 1.29 is 14.6 Å². The molecule has 0 aromatic carbocycles. The molecule has 0 unspecified atom stereocenters. The van der Waals surface area contributed by atoms with Gasteiger partial charge in [-0.05, 0) is 65.6 Å². The highest BCUT2D eigenvalue weighted by Crippen LogP contribution is 2.34. The first-order valence-corrected chi connectivity index (χ1v) is 8.34. The summed E-state index contributed by atoms with van der Waals surface area (Å²) in [6.45, 7) is 5.13. The Labute approximate surface area is 128 Å². The lowest BCUT2D eigenvalue weighted by Crippen LogP contribution is -2.50. The van der Waals surface area contributed by atoms with Crippen molar-refractivity contribution >= 4 is 5.97 Å². The SMILES string of the molecule is CCOC(=O)C1CCC(O)(CN(C)C2CCNCC2)CC1. The Bertz CT molecular complexity index is 334. The standard InChI is InChI=1S/C16H30N2O3/c1-3-21-15(19)13-4-8-16(20,9-5-13)12-18(2)14-6-10-17-11-7-14/h13-14,17,20H,3-12H2,1-2H3. The van der Waals surface area contributed by atoms with Gasteiger partial charge in [0, 0.05) is 12.6 Å². The molecule has 2 rings (SSSR count). The number of ether oxygens (including phenoxy) is 1. The van der Waals surface area contributed by atoms with Crippen molar-refractivity contribution in [2.45, 2.75) is 57.1 Å². The van der Waals surface area contributed by atoms with E-state index >= 15 is 0 Å². The van der Waals surface area contributed by atoms with E-state index in [1.807, 2.05) is 6.92 Å². The molecule has 2 fully saturated rings. The Morgan fingerprint density at radius 3 is 2.48 bits per heavy atom. The van der Waals surface area contributed by atoms with Crippen LogP contribution in [-0.2, 0) is 9.53 Å². The predicted octanol–water partition coefficient (Wildman–Crippen LogP) is 1.15. The van der Waals surface area contributed by atoms with Crippen molar-refractivity contribution in [2.75, 3.05) is 33.3 Å². The van der Waals surface area contributed by atoms with E-state index in [0.717, 1.165) is 38.8 Å². The van der Waals surface area contributed by atoms with E-state index in [-0.39, 0.29) is 11.9 Å². The van der Waals surface area contributed by atoms with Crippen molar-refractivity contribution in [1.29, 1.82) is 0 Å². The number of nitrogens with zero attached hydrogens (tertiary/aromatic N) is 1. The van der Waals surface area contributed by atoms with Crippen LogP contribution in [-0.4, -0.2) is 60.9 Å². The zero-order valence-electron chi connectivity index (χ0n) is 13.4. The van der Waals surface area contributed by atoms with E-state index in [2.05, 4.69) is 17.3 Å². The Balaban J connectivity index is 1.79. The summed E-state index contributed by atoms with van der Waals surface area (Å²) in [7, 11) is 2.12. The molecule has 1 saturated carbocycles. The number of carbonyl (C=O) groups is 1. The molecule has 2 aliphatic rings. The van der Waals surface area contributed by atoms with Crippen molar-refractivity contribution in [3.8, 4) is 0 Å². The molecule has 5 nitrogen and oxygen atoms in total.